The summed E-state index contributed by atoms with van der Waals surface area (Å²) in [4.78, 5) is 26.0. The number of allylic oxidation sites excluding steroid dienone is 2. The van der Waals surface area contributed by atoms with E-state index in [0.717, 1.165) is 0 Å². The maximum absolute atomic E-state index is 13.0. The van der Waals surface area contributed by atoms with Crippen molar-refractivity contribution in [1.29, 1.82) is 0 Å². The molecule has 1 aromatic heterocycles. The van der Waals surface area contributed by atoms with Crippen LogP contribution in [-0.2, 0) is 14.3 Å². The van der Waals surface area contributed by atoms with Crippen LogP contribution in [0.25, 0.3) is 10.9 Å². The molecule has 10 heteroatoms. The number of nitrogens with two attached hydrogens (primary N) is 1. The summed E-state index contributed by atoms with van der Waals surface area (Å²) in [5.74, 6) is 3.18. The molecule has 2 aliphatic heterocycles. The van der Waals surface area contributed by atoms with Crippen LogP contribution in [-0.4, -0.2) is 73.9 Å². The van der Waals surface area contributed by atoms with Crippen LogP contribution in [0.4, 0.5) is 11.8 Å². The van der Waals surface area contributed by atoms with Gasteiger partial charge < -0.3 is 34.5 Å². The van der Waals surface area contributed by atoms with E-state index >= 15 is 0 Å². The van der Waals surface area contributed by atoms with Crippen molar-refractivity contribution in [3.8, 4) is 11.5 Å². The number of benzene rings is 1. The van der Waals surface area contributed by atoms with E-state index in [1.54, 1.807) is 37.3 Å². The molecular weight excluding hydrogens is 426 g/mol. The fraction of sp³-hybridized carbons (Fsp3) is 0.435. The van der Waals surface area contributed by atoms with E-state index < -0.39 is 6.10 Å². The second-order valence-corrected chi connectivity index (χ2v) is 7.67. The molecule has 176 valence electrons. The third kappa shape index (κ3) is 4.33. The summed E-state index contributed by atoms with van der Waals surface area (Å²) < 4.78 is 22.3. The van der Waals surface area contributed by atoms with Gasteiger partial charge in [0.25, 0.3) is 5.91 Å². The standard InChI is InChI=1S/C23H29N5O5/c1-5-16-17(6-2)33-20(13-32-16)22(29)27-7-9-28(10-8-27)23-25-15-12-19(31-4)18(30-3)11-14(15)21(24)26-23/h5-6,11-12,20H,7-10,13H2,1-4H3,(H2,24,25,26). The Balaban J connectivity index is 1.46. The summed E-state index contributed by atoms with van der Waals surface area (Å²) in [6.45, 7) is 6.13. The van der Waals surface area contributed by atoms with E-state index in [2.05, 4.69) is 9.97 Å². The Morgan fingerprint density at radius 1 is 1.06 bits per heavy atom. The third-order valence-corrected chi connectivity index (χ3v) is 5.80. The number of aromatic nitrogens is 2. The van der Waals surface area contributed by atoms with Gasteiger partial charge in [-0.05, 0) is 32.1 Å². The van der Waals surface area contributed by atoms with Crippen molar-refractivity contribution in [3.05, 3.63) is 35.8 Å². The number of carbonyl (C=O) groups excluding carboxylic acids is 1. The Kier molecular flexibility index (Phi) is 6.43. The van der Waals surface area contributed by atoms with Crippen molar-refractivity contribution in [2.75, 3.05) is 57.6 Å². The summed E-state index contributed by atoms with van der Waals surface area (Å²) >= 11 is 0. The number of rotatable bonds is 4. The van der Waals surface area contributed by atoms with Crippen LogP contribution in [0.5, 0.6) is 11.5 Å². The first-order chi connectivity index (χ1) is 16.0. The van der Waals surface area contributed by atoms with E-state index in [1.807, 2.05) is 24.8 Å². The smallest absolute Gasteiger partial charge is 0.267 e. The first kappa shape index (κ1) is 22.5. The molecule has 0 radical (unpaired) electrons. The molecule has 1 aromatic carbocycles. The van der Waals surface area contributed by atoms with Crippen molar-refractivity contribution < 1.29 is 23.7 Å². The van der Waals surface area contributed by atoms with Gasteiger partial charge in [0.05, 0.1) is 19.7 Å². The Hall–Kier alpha value is -3.69. The quantitative estimate of drug-likeness (QED) is 0.740. The van der Waals surface area contributed by atoms with Crippen LogP contribution >= 0.6 is 0 Å². The summed E-state index contributed by atoms with van der Waals surface area (Å²) in [5.41, 5.74) is 6.89. The number of fused-ring (bicyclic) bond motifs is 1. The molecule has 33 heavy (non-hydrogen) atoms. The molecule has 2 saturated heterocycles. The van der Waals surface area contributed by atoms with Gasteiger partial charge >= 0.3 is 0 Å². The molecule has 0 spiro atoms. The largest absolute Gasteiger partial charge is 0.493 e. The van der Waals surface area contributed by atoms with Crippen molar-refractivity contribution in [2.24, 2.45) is 0 Å². The van der Waals surface area contributed by atoms with Gasteiger partial charge in [0, 0.05) is 37.6 Å². The zero-order valence-electron chi connectivity index (χ0n) is 19.3. The first-order valence-electron chi connectivity index (χ1n) is 10.8. The molecule has 1 unspecified atom stereocenters. The van der Waals surface area contributed by atoms with Gasteiger partial charge in [-0.1, -0.05) is 0 Å². The number of hydrogen-bond acceptors (Lipinski definition) is 9. The number of methoxy groups -OCH3 is 2. The predicted molar refractivity (Wildman–Crippen MR) is 124 cm³/mol. The lowest BCUT2D eigenvalue weighted by atomic mass is 10.2. The molecule has 0 aliphatic carbocycles. The molecule has 2 aromatic rings. The van der Waals surface area contributed by atoms with Crippen LogP contribution in [0.2, 0.25) is 0 Å². The number of nitrogen functional groups attached to an aromatic ring is 1. The van der Waals surface area contributed by atoms with Crippen molar-refractivity contribution in [1.82, 2.24) is 14.9 Å². The third-order valence-electron chi connectivity index (χ3n) is 5.80. The Bertz CT molecular complexity index is 1110. The van der Waals surface area contributed by atoms with E-state index in [-0.39, 0.29) is 12.5 Å². The molecule has 10 nitrogen and oxygen atoms in total. The SMILES string of the molecule is CC=C1OCC(C(=O)N2CCN(c3nc(N)c4cc(OC)c(OC)cc4n3)CC2)OC1=CC. The number of nitrogens with zero attached hydrogens (tertiary/aromatic N) is 4. The predicted octanol–water partition coefficient (Wildman–Crippen LogP) is 2.10. The van der Waals surface area contributed by atoms with Crippen LogP contribution < -0.4 is 20.1 Å². The van der Waals surface area contributed by atoms with Crippen molar-refractivity contribution >= 4 is 28.6 Å². The molecule has 0 saturated carbocycles. The summed E-state index contributed by atoms with van der Waals surface area (Å²) in [7, 11) is 3.14. The van der Waals surface area contributed by atoms with E-state index in [4.69, 9.17) is 24.7 Å². The highest BCUT2D eigenvalue weighted by atomic mass is 16.6. The van der Waals surface area contributed by atoms with Crippen LogP contribution in [0.1, 0.15) is 13.8 Å². The Morgan fingerprint density at radius 3 is 2.36 bits per heavy atom. The van der Waals surface area contributed by atoms with Crippen molar-refractivity contribution in [3.63, 3.8) is 0 Å². The molecule has 1 atom stereocenters. The number of piperazine rings is 1. The average molecular weight is 456 g/mol. The lowest BCUT2D eigenvalue weighted by Gasteiger charge is -2.37. The van der Waals surface area contributed by atoms with E-state index in [1.165, 1.54) is 0 Å². The van der Waals surface area contributed by atoms with Gasteiger partial charge in [0.2, 0.25) is 12.1 Å². The molecule has 3 heterocycles. The number of amides is 1. The summed E-state index contributed by atoms with van der Waals surface area (Å²) in [5, 5.41) is 0.694. The topological polar surface area (TPSA) is 112 Å². The highest BCUT2D eigenvalue weighted by Crippen LogP contribution is 2.34. The molecule has 1 amide bonds. The minimum absolute atomic E-state index is 0.0834. The monoisotopic (exact) mass is 455 g/mol. The molecular formula is C23H29N5O5. The minimum Gasteiger partial charge on any atom is -0.493 e. The highest BCUT2D eigenvalue weighted by Gasteiger charge is 2.34. The summed E-state index contributed by atoms with van der Waals surface area (Å²) in [6.07, 6.45) is 2.98. The molecule has 2 N–H and O–H groups in total. The maximum Gasteiger partial charge on any atom is 0.267 e. The summed E-state index contributed by atoms with van der Waals surface area (Å²) in [6, 6.07) is 3.56. The average Bonchev–Trinajstić information content (AvgIpc) is 2.87. The molecule has 0 bridgehead atoms. The Morgan fingerprint density at radius 2 is 1.73 bits per heavy atom. The maximum atomic E-state index is 13.0. The van der Waals surface area contributed by atoms with Gasteiger partial charge in [0.15, 0.2) is 23.0 Å². The zero-order chi connectivity index (χ0) is 23.5. The van der Waals surface area contributed by atoms with Gasteiger partial charge in [-0.2, -0.15) is 4.98 Å². The van der Waals surface area contributed by atoms with Gasteiger partial charge in [-0.15, -0.1) is 0 Å². The van der Waals surface area contributed by atoms with Crippen LogP contribution in [0.15, 0.2) is 35.8 Å². The van der Waals surface area contributed by atoms with Crippen molar-refractivity contribution in [2.45, 2.75) is 20.0 Å². The van der Waals surface area contributed by atoms with Crippen LogP contribution in [0, 0.1) is 0 Å². The number of carbonyl (C=O) groups is 1. The van der Waals surface area contributed by atoms with Gasteiger partial charge in [0.1, 0.15) is 12.4 Å². The minimum atomic E-state index is -0.651. The lowest BCUT2D eigenvalue weighted by Crippen LogP contribution is -2.53. The van der Waals surface area contributed by atoms with Crippen LogP contribution in [0.3, 0.4) is 0 Å². The molecule has 2 aliphatic rings. The highest BCUT2D eigenvalue weighted by molar-refractivity contribution is 5.91. The number of hydrogen-bond donors (Lipinski definition) is 1. The van der Waals surface area contributed by atoms with Gasteiger partial charge in [-0.25, -0.2) is 4.98 Å². The second-order valence-electron chi connectivity index (χ2n) is 7.67. The molecule has 4 rings (SSSR count). The first-order valence-corrected chi connectivity index (χ1v) is 10.8. The number of ether oxygens (including phenoxy) is 4. The Labute approximate surface area is 192 Å². The zero-order valence-corrected chi connectivity index (χ0v) is 19.3. The fourth-order valence-corrected chi connectivity index (χ4v) is 3.98. The normalized spacial score (nSPS) is 21.2. The second kappa shape index (κ2) is 9.43. The molecule has 2 fully saturated rings. The lowest BCUT2D eigenvalue weighted by molar-refractivity contribution is -0.147. The van der Waals surface area contributed by atoms with E-state index in [9.17, 15) is 4.79 Å². The van der Waals surface area contributed by atoms with E-state index in [0.29, 0.717) is 71.9 Å². The fourth-order valence-electron chi connectivity index (χ4n) is 3.98. The van der Waals surface area contributed by atoms with Gasteiger partial charge in [-0.3, -0.25) is 4.79 Å². The number of anilines is 2.